The Kier molecular flexibility index (Phi) is 4.58. The molecular weight excluding hydrogens is 269 g/mol. The average molecular weight is 287 g/mol. The van der Waals surface area contributed by atoms with E-state index in [4.69, 9.17) is 4.74 Å². The van der Waals surface area contributed by atoms with Crippen LogP contribution in [0.1, 0.15) is 18.1 Å². The highest BCUT2D eigenvalue weighted by atomic mass is 19.1. The molecule has 0 saturated carbocycles. The maximum Gasteiger partial charge on any atom is 0.265 e. The lowest BCUT2D eigenvalue weighted by atomic mass is 10.1. The van der Waals surface area contributed by atoms with Gasteiger partial charge in [0.25, 0.3) is 5.91 Å². The SMILES string of the molecule is Cc1cc(C)cc(NC(=O)[C@H](C)Oc2ccc(F)cc2)c1. The minimum atomic E-state index is -0.670. The van der Waals surface area contributed by atoms with Gasteiger partial charge in [0.2, 0.25) is 0 Å². The van der Waals surface area contributed by atoms with Gasteiger partial charge in [-0.05, 0) is 68.3 Å². The Morgan fingerprint density at radius 2 is 1.67 bits per heavy atom. The number of benzene rings is 2. The van der Waals surface area contributed by atoms with E-state index in [-0.39, 0.29) is 11.7 Å². The standard InChI is InChI=1S/C17H18FNO2/c1-11-8-12(2)10-15(9-11)19-17(20)13(3)21-16-6-4-14(18)5-7-16/h4-10,13H,1-3H3,(H,19,20)/t13-/m0/s1. The van der Waals surface area contributed by atoms with Gasteiger partial charge >= 0.3 is 0 Å². The molecule has 4 heteroatoms. The fourth-order valence-electron chi connectivity index (χ4n) is 2.06. The number of amides is 1. The first-order valence-corrected chi connectivity index (χ1v) is 6.75. The molecule has 0 heterocycles. The van der Waals surface area contributed by atoms with Crippen molar-refractivity contribution in [2.45, 2.75) is 26.9 Å². The number of carbonyl (C=O) groups excluding carboxylic acids is 1. The summed E-state index contributed by atoms with van der Waals surface area (Å²) in [5.41, 5.74) is 2.90. The number of rotatable bonds is 4. The molecule has 21 heavy (non-hydrogen) atoms. The number of halogens is 1. The van der Waals surface area contributed by atoms with Crippen LogP contribution in [0.3, 0.4) is 0 Å². The second-order valence-electron chi connectivity index (χ2n) is 5.08. The Morgan fingerprint density at radius 3 is 2.24 bits per heavy atom. The van der Waals surface area contributed by atoms with Crippen molar-refractivity contribution in [1.82, 2.24) is 0 Å². The van der Waals surface area contributed by atoms with Gasteiger partial charge in [0.1, 0.15) is 11.6 Å². The summed E-state index contributed by atoms with van der Waals surface area (Å²) in [5, 5.41) is 2.82. The molecule has 1 atom stereocenters. The number of hydrogen-bond acceptors (Lipinski definition) is 2. The minimum absolute atomic E-state index is 0.246. The minimum Gasteiger partial charge on any atom is -0.481 e. The summed E-state index contributed by atoms with van der Waals surface area (Å²) in [6, 6.07) is 11.4. The highest BCUT2D eigenvalue weighted by Gasteiger charge is 2.15. The molecular formula is C17H18FNO2. The molecule has 0 aliphatic rings. The number of nitrogens with one attached hydrogen (secondary N) is 1. The van der Waals surface area contributed by atoms with Gasteiger partial charge in [-0.15, -0.1) is 0 Å². The van der Waals surface area contributed by atoms with Gasteiger partial charge in [0.15, 0.2) is 6.10 Å². The lowest BCUT2D eigenvalue weighted by Gasteiger charge is -2.15. The summed E-state index contributed by atoms with van der Waals surface area (Å²) >= 11 is 0. The topological polar surface area (TPSA) is 38.3 Å². The smallest absolute Gasteiger partial charge is 0.265 e. The first-order chi connectivity index (χ1) is 9.94. The lowest BCUT2D eigenvalue weighted by molar-refractivity contribution is -0.122. The zero-order chi connectivity index (χ0) is 15.4. The highest BCUT2D eigenvalue weighted by molar-refractivity contribution is 5.94. The van der Waals surface area contributed by atoms with E-state index in [9.17, 15) is 9.18 Å². The summed E-state index contributed by atoms with van der Waals surface area (Å²) in [5.74, 6) is -0.126. The van der Waals surface area contributed by atoms with Crippen molar-refractivity contribution in [1.29, 1.82) is 0 Å². The molecule has 0 aromatic heterocycles. The average Bonchev–Trinajstić information content (AvgIpc) is 2.40. The summed E-state index contributed by atoms with van der Waals surface area (Å²) in [6.07, 6.45) is -0.670. The predicted molar refractivity (Wildman–Crippen MR) is 81.0 cm³/mol. The molecule has 110 valence electrons. The third-order valence-electron chi connectivity index (χ3n) is 2.98. The molecule has 0 radical (unpaired) electrons. The first kappa shape index (κ1) is 15.0. The molecule has 2 aromatic carbocycles. The van der Waals surface area contributed by atoms with Crippen molar-refractivity contribution in [3.63, 3.8) is 0 Å². The molecule has 0 aliphatic heterocycles. The van der Waals surface area contributed by atoms with Crippen LogP contribution in [-0.2, 0) is 4.79 Å². The van der Waals surface area contributed by atoms with Gasteiger partial charge in [-0.1, -0.05) is 6.07 Å². The fraction of sp³-hybridized carbons (Fsp3) is 0.235. The van der Waals surface area contributed by atoms with Crippen molar-refractivity contribution in [3.05, 3.63) is 59.4 Å². The van der Waals surface area contributed by atoms with E-state index < -0.39 is 6.10 Å². The number of hydrogen-bond donors (Lipinski definition) is 1. The number of anilines is 1. The summed E-state index contributed by atoms with van der Waals surface area (Å²) < 4.78 is 18.3. The van der Waals surface area contributed by atoms with Crippen LogP contribution >= 0.6 is 0 Å². The Hall–Kier alpha value is -2.36. The number of aryl methyl sites for hydroxylation is 2. The van der Waals surface area contributed by atoms with E-state index in [1.807, 2.05) is 32.0 Å². The molecule has 0 spiro atoms. The van der Waals surface area contributed by atoms with Crippen LogP contribution in [-0.4, -0.2) is 12.0 Å². The van der Waals surface area contributed by atoms with Crippen LogP contribution in [0.25, 0.3) is 0 Å². The third kappa shape index (κ3) is 4.31. The van der Waals surface area contributed by atoms with Crippen molar-refractivity contribution >= 4 is 11.6 Å². The summed E-state index contributed by atoms with van der Waals surface area (Å²) in [6.45, 7) is 5.60. The van der Waals surface area contributed by atoms with E-state index in [0.717, 1.165) is 16.8 Å². The number of ether oxygens (including phenoxy) is 1. The largest absolute Gasteiger partial charge is 0.481 e. The Morgan fingerprint density at radius 1 is 1.10 bits per heavy atom. The molecule has 0 fully saturated rings. The monoisotopic (exact) mass is 287 g/mol. The van der Waals surface area contributed by atoms with Crippen LogP contribution in [0.15, 0.2) is 42.5 Å². The van der Waals surface area contributed by atoms with Crippen LogP contribution in [0.2, 0.25) is 0 Å². The zero-order valence-corrected chi connectivity index (χ0v) is 12.3. The third-order valence-corrected chi connectivity index (χ3v) is 2.98. The summed E-state index contributed by atoms with van der Waals surface area (Å²) in [4.78, 5) is 12.1. The van der Waals surface area contributed by atoms with Gasteiger partial charge in [-0.3, -0.25) is 4.79 Å². The van der Waals surface area contributed by atoms with Gasteiger partial charge in [0.05, 0.1) is 0 Å². The molecule has 2 rings (SSSR count). The van der Waals surface area contributed by atoms with E-state index >= 15 is 0 Å². The van der Waals surface area contributed by atoms with E-state index in [1.54, 1.807) is 6.92 Å². The first-order valence-electron chi connectivity index (χ1n) is 6.75. The normalized spacial score (nSPS) is 11.8. The quantitative estimate of drug-likeness (QED) is 0.927. The van der Waals surface area contributed by atoms with Crippen LogP contribution in [0.5, 0.6) is 5.75 Å². The van der Waals surface area contributed by atoms with Gasteiger partial charge in [-0.2, -0.15) is 0 Å². The van der Waals surface area contributed by atoms with Crippen LogP contribution < -0.4 is 10.1 Å². The zero-order valence-electron chi connectivity index (χ0n) is 12.3. The van der Waals surface area contributed by atoms with E-state index in [2.05, 4.69) is 5.32 Å². The molecule has 1 amide bonds. The number of carbonyl (C=O) groups is 1. The Balaban J connectivity index is 2.00. The molecule has 0 unspecified atom stereocenters. The molecule has 1 N–H and O–H groups in total. The van der Waals surface area contributed by atoms with E-state index in [1.165, 1.54) is 24.3 Å². The molecule has 0 aliphatic carbocycles. The lowest BCUT2D eigenvalue weighted by Crippen LogP contribution is -2.30. The molecule has 0 saturated heterocycles. The fourth-order valence-corrected chi connectivity index (χ4v) is 2.06. The summed E-state index contributed by atoms with van der Waals surface area (Å²) in [7, 11) is 0. The van der Waals surface area contributed by atoms with Crippen molar-refractivity contribution < 1.29 is 13.9 Å². The van der Waals surface area contributed by atoms with Crippen molar-refractivity contribution in [2.24, 2.45) is 0 Å². The van der Waals surface area contributed by atoms with Crippen LogP contribution in [0, 0.1) is 19.7 Å². The van der Waals surface area contributed by atoms with Crippen molar-refractivity contribution in [2.75, 3.05) is 5.32 Å². The van der Waals surface area contributed by atoms with Gasteiger partial charge in [-0.25, -0.2) is 4.39 Å². The maximum absolute atomic E-state index is 12.8. The predicted octanol–water partition coefficient (Wildman–Crippen LogP) is 3.85. The maximum atomic E-state index is 12.8. The molecule has 0 bridgehead atoms. The van der Waals surface area contributed by atoms with E-state index in [0.29, 0.717) is 5.75 Å². The van der Waals surface area contributed by atoms with Gasteiger partial charge in [0, 0.05) is 5.69 Å². The highest BCUT2D eigenvalue weighted by Crippen LogP contribution is 2.16. The second kappa shape index (κ2) is 6.39. The Labute approximate surface area is 123 Å². The molecule has 3 nitrogen and oxygen atoms in total. The Bertz CT molecular complexity index is 617. The molecule has 2 aromatic rings. The second-order valence-corrected chi connectivity index (χ2v) is 5.08. The van der Waals surface area contributed by atoms with Crippen molar-refractivity contribution in [3.8, 4) is 5.75 Å². The van der Waals surface area contributed by atoms with Crippen LogP contribution in [0.4, 0.5) is 10.1 Å². The van der Waals surface area contributed by atoms with Gasteiger partial charge < -0.3 is 10.1 Å².